The molecule has 0 saturated heterocycles. The van der Waals surface area contributed by atoms with Crippen molar-refractivity contribution in [3.05, 3.63) is 28.8 Å². The molecule has 1 N–H and O–H groups in total. The number of nitrogens with one attached hydrogen (secondary N) is 1. The summed E-state index contributed by atoms with van der Waals surface area (Å²) in [5.74, 6) is 0.620. The monoisotopic (exact) mass is 189 g/mol. The lowest BCUT2D eigenvalue weighted by Crippen LogP contribution is -2.14. The minimum absolute atomic E-state index is 0.620. The van der Waals surface area contributed by atoms with Gasteiger partial charge in [0.2, 0.25) is 0 Å². The number of rotatable bonds is 1. The van der Waals surface area contributed by atoms with E-state index in [-0.39, 0.29) is 0 Å². The van der Waals surface area contributed by atoms with Crippen LogP contribution in [0.1, 0.15) is 42.9 Å². The summed E-state index contributed by atoms with van der Waals surface area (Å²) in [5, 5.41) is 3.54. The molecular formula is C13H19N. The molecule has 1 aliphatic heterocycles. The largest absolute Gasteiger partial charge is 0.385 e. The predicted octanol–water partition coefficient (Wildman–Crippen LogP) is 3.48. The van der Waals surface area contributed by atoms with E-state index >= 15 is 0 Å². The van der Waals surface area contributed by atoms with Crippen LogP contribution in [0.3, 0.4) is 0 Å². The molecule has 0 atom stereocenters. The molecule has 0 saturated carbocycles. The number of aryl methyl sites for hydroxylation is 2. The Morgan fingerprint density at radius 1 is 1.29 bits per heavy atom. The first-order chi connectivity index (χ1) is 6.68. The second-order valence-corrected chi connectivity index (χ2v) is 4.57. The van der Waals surface area contributed by atoms with Crippen molar-refractivity contribution in [1.82, 2.24) is 0 Å². The second kappa shape index (κ2) is 3.64. The van der Waals surface area contributed by atoms with Gasteiger partial charge in [0.05, 0.1) is 0 Å². The zero-order valence-electron chi connectivity index (χ0n) is 9.35. The Bertz CT molecular complexity index is 339. The van der Waals surface area contributed by atoms with Gasteiger partial charge in [0.25, 0.3) is 0 Å². The van der Waals surface area contributed by atoms with Crippen LogP contribution in [0.5, 0.6) is 0 Å². The lowest BCUT2D eigenvalue weighted by molar-refractivity contribution is 0.801. The van der Waals surface area contributed by atoms with E-state index in [1.807, 2.05) is 0 Å². The van der Waals surface area contributed by atoms with Crippen LogP contribution in [0.15, 0.2) is 12.1 Å². The average Bonchev–Trinajstić information content (AvgIpc) is 2.16. The molecule has 0 unspecified atom stereocenters. The van der Waals surface area contributed by atoms with E-state index in [1.165, 1.54) is 35.2 Å². The number of hydrogen-bond acceptors (Lipinski definition) is 1. The van der Waals surface area contributed by atoms with E-state index < -0.39 is 0 Å². The van der Waals surface area contributed by atoms with Gasteiger partial charge in [0.15, 0.2) is 0 Å². The Morgan fingerprint density at radius 2 is 2.07 bits per heavy atom. The predicted molar refractivity (Wildman–Crippen MR) is 62.1 cm³/mol. The minimum atomic E-state index is 0.620. The van der Waals surface area contributed by atoms with Crippen LogP contribution in [0, 0.1) is 6.92 Å². The van der Waals surface area contributed by atoms with Crippen molar-refractivity contribution in [1.29, 1.82) is 0 Å². The van der Waals surface area contributed by atoms with Crippen LogP contribution in [0.2, 0.25) is 0 Å². The van der Waals surface area contributed by atoms with Crippen molar-refractivity contribution in [2.45, 2.75) is 39.5 Å². The summed E-state index contributed by atoms with van der Waals surface area (Å²) in [7, 11) is 0. The summed E-state index contributed by atoms with van der Waals surface area (Å²) < 4.78 is 0. The first-order valence-corrected chi connectivity index (χ1v) is 5.56. The average molecular weight is 189 g/mol. The molecule has 1 heterocycles. The smallest absolute Gasteiger partial charge is 0.0408 e. The zero-order valence-corrected chi connectivity index (χ0v) is 9.35. The standard InChI is InChI=1S/C13H19N/c1-9(2)12-8-10(3)7-11-5-4-6-14-13(11)12/h7-9,14H,4-6H2,1-3H3. The SMILES string of the molecule is Cc1cc2c(c(C(C)C)c1)NCCC2. The third kappa shape index (κ3) is 1.63. The fourth-order valence-corrected chi connectivity index (χ4v) is 2.25. The molecular weight excluding hydrogens is 170 g/mol. The van der Waals surface area contributed by atoms with Crippen LogP contribution in [-0.2, 0) is 6.42 Å². The summed E-state index contributed by atoms with van der Waals surface area (Å²) in [4.78, 5) is 0. The number of fused-ring (bicyclic) bond motifs is 1. The third-order valence-corrected chi connectivity index (χ3v) is 2.94. The Balaban J connectivity index is 2.52. The maximum Gasteiger partial charge on any atom is 0.0408 e. The summed E-state index contributed by atoms with van der Waals surface area (Å²) in [6, 6.07) is 4.65. The van der Waals surface area contributed by atoms with Crippen molar-refractivity contribution >= 4 is 5.69 Å². The van der Waals surface area contributed by atoms with E-state index in [1.54, 1.807) is 0 Å². The van der Waals surface area contributed by atoms with Crippen LogP contribution >= 0.6 is 0 Å². The maximum atomic E-state index is 3.54. The molecule has 0 aromatic heterocycles. The lowest BCUT2D eigenvalue weighted by atomic mass is 9.91. The molecule has 2 rings (SSSR count). The topological polar surface area (TPSA) is 12.0 Å². The van der Waals surface area contributed by atoms with Crippen molar-refractivity contribution in [3.63, 3.8) is 0 Å². The maximum absolute atomic E-state index is 3.54. The van der Waals surface area contributed by atoms with Gasteiger partial charge in [0, 0.05) is 12.2 Å². The summed E-state index contributed by atoms with van der Waals surface area (Å²) in [6.45, 7) is 7.87. The van der Waals surface area contributed by atoms with Crippen LogP contribution in [0.4, 0.5) is 5.69 Å². The number of hydrogen-bond donors (Lipinski definition) is 1. The highest BCUT2D eigenvalue weighted by molar-refractivity contribution is 5.61. The molecule has 1 nitrogen and oxygen atoms in total. The van der Waals surface area contributed by atoms with Gasteiger partial charge in [0.1, 0.15) is 0 Å². The Hall–Kier alpha value is -0.980. The Morgan fingerprint density at radius 3 is 2.79 bits per heavy atom. The highest BCUT2D eigenvalue weighted by Gasteiger charge is 2.14. The molecule has 1 aromatic carbocycles. The minimum Gasteiger partial charge on any atom is -0.385 e. The summed E-state index contributed by atoms with van der Waals surface area (Å²) in [6.07, 6.45) is 2.51. The fraction of sp³-hybridized carbons (Fsp3) is 0.538. The first kappa shape index (κ1) is 9.57. The highest BCUT2D eigenvalue weighted by Crippen LogP contribution is 2.32. The third-order valence-electron chi connectivity index (χ3n) is 2.94. The molecule has 0 fully saturated rings. The van der Waals surface area contributed by atoms with Crippen LogP contribution in [-0.4, -0.2) is 6.54 Å². The normalized spacial score (nSPS) is 15.1. The molecule has 1 aliphatic rings. The van der Waals surface area contributed by atoms with Gasteiger partial charge in [-0.05, 0) is 36.8 Å². The van der Waals surface area contributed by atoms with Gasteiger partial charge in [-0.3, -0.25) is 0 Å². The molecule has 0 aliphatic carbocycles. The summed E-state index contributed by atoms with van der Waals surface area (Å²) in [5.41, 5.74) is 5.81. The van der Waals surface area contributed by atoms with Crippen molar-refractivity contribution in [3.8, 4) is 0 Å². The molecule has 0 bridgehead atoms. The first-order valence-electron chi connectivity index (χ1n) is 5.56. The summed E-state index contributed by atoms with van der Waals surface area (Å²) >= 11 is 0. The van der Waals surface area contributed by atoms with E-state index in [0.29, 0.717) is 5.92 Å². The molecule has 1 aromatic rings. The number of anilines is 1. The Labute approximate surface area is 86.5 Å². The molecule has 0 spiro atoms. The van der Waals surface area contributed by atoms with Gasteiger partial charge >= 0.3 is 0 Å². The molecule has 76 valence electrons. The highest BCUT2D eigenvalue weighted by atomic mass is 14.9. The van der Waals surface area contributed by atoms with Gasteiger partial charge in [-0.2, -0.15) is 0 Å². The second-order valence-electron chi connectivity index (χ2n) is 4.57. The lowest BCUT2D eigenvalue weighted by Gasteiger charge is -2.23. The Kier molecular flexibility index (Phi) is 2.49. The van der Waals surface area contributed by atoms with Crippen molar-refractivity contribution < 1.29 is 0 Å². The van der Waals surface area contributed by atoms with Crippen LogP contribution in [0.25, 0.3) is 0 Å². The van der Waals surface area contributed by atoms with Gasteiger partial charge < -0.3 is 5.32 Å². The molecule has 14 heavy (non-hydrogen) atoms. The van der Waals surface area contributed by atoms with Gasteiger partial charge in [-0.1, -0.05) is 31.5 Å². The fourth-order valence-electron chi connectivity index (χ4n) is 2.25. The molecule has 0 radical (unpaired) electrons. The number of benzene rings is 1. The van der Waals surface area contributed by atoms with Crippen LogP contribution < -0.4 is 5.32 Å². The van der Waals surface area contributed by atoms with E-state index in [0.717, 1.165) is 6.54 Å². The van der Waals surface area contributed by atoms with E-state index in [9.17, 15) is 0 Å². The quantitative estimate of drug-likeness (QED) is 0.713. The molecule has 1 heteroatoms. The van der Waals surface area contributed by atoms with Crippen molar-refractivity contribution in [2.24, 2.45) is 0 Å². The molecule has 0 amide bonds. The van der Waals surface area contributed by atoms with E-state index in [4.69, 9.17) is 0 Å². The zero-order chi connectivity index (χ0) is 10.1. The van der Waals surface area contributed by atoms with Gasteiger partial charge in [-0.15, -0.1) is 0 Å². The van der Waals surface area contributed by atoms with Crippen molar-refractivity contribution in [2.75, 3.05) is 11.9 Å². The van der Waals surface area contributed by atoms with Gasteiger partial charge in [-0.25, -0.2) is 0 Å². The van der Waals surface area contributed by atoms with E-state index in [2.05, 4.69) is 38.2 Å².